The number of aryl methyl sites for hydroxylation is 1. The number of benzene rings is 1. The van der Waals surface area contributed by atoms with Crippen LogP contribution in [0.2, 0.25) is 5.02 Å². The molecule has 1 aromatic carbocycles. The summed E-state index contributed by atoms with van der Waals surface area (Å²) in [6.45, 7) is 1.35. The van der Waals surface area contributed by atoms with Crippen molar-refractivity contribution in [2.75, 3.05) is 27.2 Å². The third-order valence-corrected chi connectivity index (χ3v) is 5.62. The minimum atomic E-state index is -1.32. The highest BCUT2D eigenvalue weighted by atomic mass is 35.5. The van der Waals surface area contributed by atoms with Gasteiger partial charge in [0.25, 0.3) is 17.4 Å². The fourth-order valence-corrected chi connectivity index (χ4v) is 4.20. The van der Waals surface area contributed by atoms with Crippen LogP contribution in [0.25, 0.3) is 11.0 Å². The Hall–Kier alpha value is -2.98. The van der Waals surface area contributed by atoms with Crippen molar-refractivity contribution >= 4 is 40.5 Å². The van der Waals surface area contributed by atoms with Gasteiger partial charge in [0, 0.05) is 30.1 Å². The maximum Gasteiger partial charge on any atom is 0.322 e. The summed E-state index contributed by atoms with van der Waals surface area (Å²) in [6.07, 6.45) is 0.884. The summed E-state index contributed by atoms with van der Waals surface area (Å²) in [5.41, 5.74) is -1.00. The minimum Gasteiger partial charge on any atom is -0.350 e. The molecule has 0 saturated carbocycles. The van der Waals surface area contributed by atoms with Gasteiger partial charge in [-0.1, -0.05) is 11.6 Å². The third-order valence-electron chi connectivity index (χ3n) is 5.40. The standard InChI is InChI=1S/C19H21ClN6O4/c1-25(2)6-3-5-21-15(27)13-16(28)26-7-4-19(17(29)23-18(30)24-19)11-8-10(20)9-12(22-13)14(11)26/h8-9H,3-7H2,1-2H3,(H,21,27)(H2,23,24,29,30). The lowest BCUT2D eigenvalue weighted by atomic mass is 9.83. The summed E-state index contributed by atoms with van der Waals surface area (Å²) in [4.78, 5) is 56.3. The summed E-state index contributed by atoms with van der Waals surface area (Å²) < 4.78 is 1.42. The Morgan fingerprint density at radius 1 is 1.33 bits per heavy atom. The van der Waals surface area contributed by atoms with E-state index in [4.69, 9.17) is 11.6 Å². The molecule has 2 aliphatic rings. The first kappa shape index (κ1) is 20.3. The van der Waals surface area contributed by atoms with Crippen LogP contribution in [0.3, 0.4) is 0 Å². The molecule has 1 aromatic heterocycles. The molecular formula is C19H21ClN6O4. The molecule has 2 aromatic rings. The van der Waals surface area contributed by atoms with Crippen molar-refractivity contribution in [1.82, 2.24) is 30.4 Å². The number of urea groups is 1. The summed E-state index contributed by atoms with van der Waals surface area (Å²) in [6, 6.07) is 2.48. The van der Waals surface area contributed by atoms with Crippen LogP contribution in [0, 0.1) is 0 Å². The van der Waals surface area contributed by atoms with Crippen molar-refractivity contribution in [1.29, 1.82) is 0 Å². The number of amides is 4. The normalized spacial score (nSPS) is 20.0. The van der Waals surface area contributed by atoms with Gasteiger partial charge in [0.15, 0.2) is 5.69 Å². The van der Waals surface area contributed by atoms with E-state index >= 15 is 0 Å². The molecule has 4 amide bonds. The molecule has 30 heavy (non-hydrogen) atoms. The second-order valence-corrected chi connectivity index (χ2v) is 8.15. The largest absolute Gasteiger partial charge is 0.350 e. The van der Waals surface area contributed by atoms with E-state index in [0.717, 1.165) is 13.0 Å². The molecule has 158 valence electrons. The molecule has 10 nitrogen and oxygen atoms in total. The van der Waals surface area contributed by atoms with Crippen LogP contribution >= 0.6 is 11.6 Å². The van der Waals surface area contributed by atoms with Crippen LogP contribution in [0.4, 0.5) is 4.79 Å². The van der Waals surface area contributed by atoms with Gasteiger partial charge in [-0.3, -0.25) is 19.7 Å². The van der Waals surface area contributed by atoms with Gasteiger partial charge in [-0.25, -0.2) is 9.78 Å². The van der Waals surface area contributed by atoms with E-state index in [0.29, 0.717) is 23.1 Å². The Kier molecular flexibility index (Phi) is 4.99. The van der Waals surface area contributed by atoms with Gasteiger partial charge in [0.2, 0.25) is 0 Å². The predicted molar refractivity (Wildman–Crippen MR) is 109 cm³/mol. The molecule has 0 bridgehead atoms. The van der Waals surface area contributed by atoms with E-state index in [9.17, 15) is 19.2 Å². The number of nitrogens with one attached hydrogen (secondary N) is 3. The number of rotatable bonds is 5. The van der Waals surface area contributed by atoms with Crippen LogP contribution in [-0.2, 0) is 16.9 Å². The fourth-order valence-electron chi connectivity index (χ4n) is 3.99. The highest BCUT2D eigenvalue weighted by Crippen LogP contribution is 2.38. The highest BCUT2D eigenvalue weighted by Gasteiger charge is 2.50. The van der Waals surface area contributed by atoms with Gasteiger partial charge in [-0.15, -0.1) is 0 Å². The van der Waals surface area contributed by atoms with E-state index in [1.807, 2.05) is 19.0 Å². The number of halogens is 1. The molecule has 0 radical (unpaired) electrons. The Balaban J connectivity index is 1.78. The van der Waals surface area contributed by atoms with Gasteiger partial charge in [-0.05, 0) is 39.2 Å². The first-order chi connectivity index (χ1) is 14.2. The SMILES string of the molecule is CN(C)CCCNC(=O)c1nc2cc(Cl)cc3c2n(c1=O)CCC31NC(=O)NC1=O. The summed E-state index contributed by atoms with van der Waals surface area (Å²) >= 11 is 6.25. The molecule has 0 aliphatic carbocycles. The summed E-state index contributed by atoms with van der Waals surface area (Å²) in [5.74, 6) is -1.06. The monoisotopic (exact) mass is 432 g/mol. The second-order valence-electron chi connectivity index (χ2n) is 7.71. The van der Waals surface area contributed by atoms with Crippen LogP contribution < -0.4 is 21.5 Å². The summed E-state index contributed by atoms with van der Waals surface area (Å²) in [7, 11) is 3.87. The van der Waals surface area contributed by atoms with Crippen LogP contribution in [0.5, 0.6) is 0 Å². The molecule has 1 fully saturated rings. The van der Waals surface area contributed by atoms with Crippen molar-refractivity contribution in [2.24, 2.45) is 0 Å². The predicted octanol–water partition coefficient (Wildman–Crippen LogP) is 0.170. The van der Waals surface area contributed by atoms with E-state index in [1.165, 1.54) is 10.6 Å². The average Bonchev–Trinajstić information content (AvgIpc) is 2.96. The summed E-state index contributed by atoms with van der Waals surface area (Å²) in [5, 5.41) is 7.91. The number of hydrogen-bond acceptors (Lipinski definition) is 6. The van der Waals surface area contributed by atoms with Gasteiger partial charge in [0.1, 0.15) is 5.54 Å². The molecule has 1 spiro atoms. The van der Waals surface area contributed by atoms with E-state index in [2.05, 4.69) is 20.9 Å². The van der Waals surface area contributed by atoms with Crippen LogP contribution in [-0.4, -0.2) is 59.5 Å². The first-order valence-corrected chi connectivity index (χ1v) is 9.92. The molecule has 11 heteroatoms. The van der Waals surface area contributed by atoms with Gasteiger partial charge < -0.3 is 20.1 Å². The van der Waals surface area contributed by atoms with Gasteiger partial charge in [0.05, 0.1) is 11.0 Å². The Bertz CT molecular complexity index is 1140. The lowest BCUT2D eigenvalue weighted by Crippen LogP contribution is -2.49. The van der Waals surface area contributed by atoms with Crippen LogP contribution in [0.1, 0.15) is 28.9 Å². The van der Waals surface area contributed by atoms with Crippen molar-refractivity contribution in [3.05, 3.63) is 38.8 Å². The van der Waals surface area contributed by atoms with Crippen molar-refractivity contribution in [3.8, 4) is 0 Å². The third kappa shape index (κ3) is 3.21. The number of nitrogens with zero attached hydrogens (tertiary/aromatic N) is 3. The zero-order valence-corrected chi connectivity index (χ0v) is 17.3. The number of hydrogen-bond donors (Lipinski definition) is 3. The van der Waals surface area contributed by atoms with E-state index < -0.39 is 28.9 Å². The Morgan fingerprint density at radius 2 is 2.10 bits per heavy atom. The maximum absolute atomic E-state index is 13.0. The molecule has 1 unspecified atom stereocenters. The maximum atomic E-state index is 13.0. The van der Waals surface area contributed by atoms with Crippen LogP contribution in [0.15, 0.2) is 16.9 Å². The number of carbonyl (C=O) groups excluding carboxylic acids is 3. The van der Waals surface area contributed by atoms with E-state index in [-0.39, 0.29) is 23.7 Å². The zero-order chi connectivity index (χ0) is 21.6. The Labute approximate surface area is 176 Å². The number of aromatic nitrogens is 2. The molecule has 2 aliphatic heterocycles. The van der Waals surface area contributed by atoms with Gasteiger partial charge in [-0.2, -0.15) is 0 Å². The zero-order valence-electron chi connectivity index (χ0n) is 16.5. The van der Waals surface area contributed by atoms with Crippen molar-refractivity contribution in [3.63, 3.8) is 0 Å². The molecule has 1 atom stereocenters. The molecule has 4 rings (SSSR count). The number of carbonyl (C=O) groups is 3. The first-order valence-electron chi connectivity index (χ1n) is 9.54. The lowest BCUT2D eigenvalue weighted by Gasteiger charge is -2.33. The van der Waals surface area contributed by atoms with Gasteiger partial charge >= 0.3 is 6.03 Å². The molecule has 3 N–H and O–H groups in total. The second kappa shape index (κ2) is 7.37. The molecule has 1 saturated heterocycles. The fraction of sp³-hybridized carbons (Fsp3) is 0.421. The quantitative estimate of drug-likeness (QED) is 0.457. The Morgan fingerprint density at radius 3 is 2.77 bits per heavy atom. The number of fused-ring (bicyclic) bond motifs is 1. The highest BCUT2D eigenvalue weighted by molar-refractivity contribution is 6.31. The van der Waals surface area contributed by atoms with Crippen molar-refractivity contribution < 1.29 is 14.4 Å². The van der Waals surface area contributed by atoms with Crippen molar-refractivity contribution in [2.45, 2.75) is 24.9 Å². The smallest absolute Gasteiger partial charge is 0.322 e. The minimum absolute atomic E-state index is 0.140. The molecular weight excluding hydrogens is 412 g/mol. The number of imide groups is 1. The molecule has 3 heterocycles. The van der Waals surface area contributed by atoms with E-state index in [1.54, 1.807) is 6.07 Å². The topological polar surface area (TPSA) is 125 Å². The average molecular weight is 433 g/mol. The lowest BCUT2D eigenvalue weighted by molar-refractivity contribution is -0.124.